The first-order chi connectivity index (χ1) is 9.45. The Labute approximate surface area is 126 Å². The molecule has 0 aliphatic carbocycles. The molecule has 0 heterocycles. The number of carbonyl (C=O) groups is 2. The third-order valence-corrected chi connectivity index (χ3v) is 2.96. The maximum atomic E-state index is 11.6. The van der Waals surface area contributed by atoms with Crippen molar-refractivity contribution in [2.75, 3.05) is 11.9 Å². The number of carbonyl (C=O) groups excluding carboxylic acids is 1. The van der Waals surface area contributed by atoms with E-state index in [1.807, 2.05) is 19.1 Å². The van der Waals surface area contributed by atoms with Gasteiger partial charge in [0.15, 0.2) is 0 Å². The van der Waals surface area contributed by atoms with E-state index in [1.165, 1.54) is 12.1 Å². The minimum atomic E-state index is -1.14. The lowest BCUT2D eigenvalue weighted by molar-refractivity contribution is 0.0697. The molecular weight excluding hydrogens is 303 g/mol. The Morgan fingerprint density at radius 3 is 2.40 bits per heavy atom. The number of hydrogen-bond donors (Lipinski definition) is 3. The van der Waals surface area contributed by atoms with E-state index in [-0.39, 0.29) is 21.3 Å². The summed E-state index contributed by atoms with van der Waals surface area (Å²) >= 11 is 11.8. The summed E-state index contributed by atoms with van der Waals surface area (Å²) in [5, 5.41) is 14.1. The molecule has 1 rings (SSSR count). The average molecular weight is 317 g/mol. The van der Waals surface area contributed by atoms with Crippen LogP contribution in [0.15, 0.2) is 24.3 Å². The van der Waals surface area contributed by atoms with Gasteiger partial charge in [-0.25, -0.2) is 9.59 Å². The number of aromatic carboxylic acids is 1. The van der Waals surface area contributed by atoms with E-state index >= 15 is 0 Å². The van der Waals surface area contributed by atoms with Crippen LogP contribution in [0.3, 0.4) is 0 Å². The highest BCUT2D eigenvalue weighted by Crippen LogP contribution is 2.31. The average Bonchev–Trinajstić information content (AvgIpc) is 2.38. The van der Waals surface area contributed by atoms with Crippen LogP contribution < -0.4 is 10.6 Å². The lowest BCUT2D eigenvalue weighted by Crippen LogP contribution is -2.29. The second kappa shape index (κ2) is 7.77. The van der Waals surface area contributed by atoms with Crippen molar-refractivity contribution in [2.45, 2.75) is 13.3 Å². The summed E-state index contributed by atoms with van der Waals surface area (Å²) in [7, 11) is 0. The molecule has 2 amide bonds. The molecule has 0 fully saturated rings. The number of allylic oxidation sites excluding steroid dienone is 1. The second-order valence-corrected chi connectivity index (χ2v) is 4.67. The number of anilines is 1. The van der Waals surface area contributed by atoms with Crippen LogP contribution in [0.4, 0.5) is 10.5 Å². The Kier molecular flexibility index (Phi) is 6.35. The highest BCUT2D eigenvalue weighted by Gasteiger charge is 2.14. The van der Waals surface area contributed by atoms with Crippen molar-refractivity contribution in [1.82, 2.24) is 5.32 Å². The van der Waals surface area contributed by atoms with Gasteiger partial charge < -0.3 is 15.7 Å². The van der Waals surface area contributed by atoms with E-state index in [4.69, 9.17) is 28.3 Å². The van der Waals surface area contributed by atoms with Crippen molar-refractivity contribution in [1.29, 1.82) is 0 Å². The molecular formula is C13H14Cl2N2O3. The second-order valence-electron chi connectivity index (χ2n) is 3.86. The summed E-state index contributed by atoms with van der Waals surface area (Å²) in [6.07, 6.45) is 4.52. The molecule has 0 saturated carbocycles. The van der Waals surface area contributed by atoms with Crippen molar-refractivity contribution in [2.24, 2.45) is 0 Å². The molecule has 0 aliphatic heterocycles. The summed E-state index contributed by atoms with van der Waals surface area (Å²) in [6.45, 7) is 2.36. The lowest BCUT2D eigenvalue weighted by atomic mass is 10.2. The molecule has 7 heteroatoms. The van der Waals surface area contributed by atoms with Gasteiger partial charge in [-0.15, -0.1) is 0 Å². The number of halogens is 2. The molecule has 0 saturated heterocycles. The van der Waals surface area contributed by atoms with Crippen LogP contribution in [0, 0.1) is 0 Å². The fraction of sp³-hybridized carbons (Fsp3) is 0.231. The van der Waals surface area contributed by atoms with Crippen LogP contribution >= 0.6 is 23.2 Å². The maximum absolute atomic E-state index is 11.6. The standard InChI is InChI=1S/C13H14Cl2N2O3/c1-2-3-4-5-16-13(20)17-11-9(14)6-8(12(18)19)7-10(11)15/h2-3,6-7H,4-5H2,1H3,(H,18,19)(H2,16,17,20)/b3-2+. The summed E-state index contributed by atoms with van der Waals surface area (Å²) < 4.78 is 0. The Morgan fingerprint density at radius 2 is 1.90 bits per heavy atom. The molecule has 0 bridgehead atoms. The van der Waals surface area contributed by atoms with E-state index in [2.05, 4.69) is 10.6 Å². The van der Waals surface area contributed by atoms with Gasteiger partial charge in [0, 0.05) is 6.54 Å². The minimum Gasteiger partial charge on any atom is -0.478 e. The predicted octanol–water partition coefficient (Wildman–Crippen LogP) is 3.78. The smallest absolute Gasteiger partial charge is 0.335 e. The van der Waals surface area contributed by atoms with Gasteiger partial charge in [0.2, 0.25) is 0 Å². The fourth-order valence-corrected chi connectivity index (χ4v) is 1.99. The van der Waals surface area contributed by atoms with Gasteiger partial charge in [0.1, 0.15) is 0 Å². The monoisotopic (exact) mass is 316 g/mol. The number of carboxylic acids is 1. The number of urea groups is 1. The van der Waals surface area contributed by atoms with Crippen molar-refractivity contribution in [3.8, 4) is 0 Å². The molecule has 0 atom stereocenters. The first-order valence-electron chi connectivity index (χ1n) is 5.84. The van der Waals surface area contributed by atoms with Gasteiger partial charge >= 0.3 is 12.0 Å². The van der Waals surface area contributed by atoms with Gasteiger partial charge in [0.25, 0.3) is 0 Å². The SMILES string of the molecule is C/C=C/CCNC(=O)Nc1c(Cl)cc(C(=O)O)cc1Cl. The zero-order valence-electron chi connectivity index (χ0n) is 10.7. The van der Waals surface area contributed by atoms with E-state index in [0.29, 0.717) is 13.0 Å². The Hall–Kier alpha value is -1.72. The van der Waals surface area contributed by atoms with Crippen LogP contribution in [-0.2, 0) is 0 Å². The van der Waals surface area contributed by atoms with Gasteiger partial charge in [-0.3, -0.25) is 0 Å². The molecule has 1 aromatic rings. The van der Waals surface area contributed by atoms with Crippen LogP contribution in [0.2, 0.25) is 10.0 Å². The normalized spacial score (nSPS) is 10.6. The molecule has 5 nitrogen and oxygen atoms in total. The molecule has 0 unspecified atom stereocenters. The van der Waals surface area contributed by atoms with E-state index < -0.39 is 12.0 Å². The Balaban J connectivity index is 2.72. The number of nitrogens with one attached hydrogen (secondary N) is 2. The van der Waals surface area contributed by atoms with Gasteiger partial charge in [-0.2, -0.15) is 0 Å². The quantitative estimate of drug-likeness (QED) is 0.571. The number of hydrogen-bond acceptors (Lipinski definition) is 2. The predicted molar refractivity (Wildman–Crippen MR) is 79.9 cm³/mol. The third-order valence-electron chi connectivity index (χ3n) is 2.36. The van der Waals surface area contributed by atoms with Gasteiger partial charge in [-0.1, -0.05) is 35.4 Å². The molecule has 0 radical (unpaired) electrons. The number of benzene rings is 1. The number of amides is 2. The highest BCUT2D eigenvalue weighted by atomic mass is 35.5. The van der Waals surface area contributed by atoms with Crippen LogP contribution in [0.5, 0.6) is 0 Å². The number of rotatable bonds is 5. The lowest BCUT2D eigenvalue weighted by Gasteiger charge is -2.11. The molecule has 1 aromatic carbocycles. The first kappa shape index (κ1) is 16.3. The van der Waals surface area contributed by atoms with Gasteiger partial charge in [0.05, 0.1) is 21.3 Å². The summed E-state index contributed by atoms with van der Waals surface area (Å²) in [5.74, 6) is -1.14. The topological polar surface area (TPSA) is 78.4 Å². The third kappa shape index (κ3) is 4.75. The Bertz CT molecular complexity index is 521. The van der Waals surface area contributed by atoms with Gasteiger partial charge in [-0.05, 0) is 25.5 Å². The molecule has 20 heavy (non-hydrogen) atoms. The molecule has 0 spiro atoms. The minimum absolute atomic E-state index is 0.0426. The van der Waals surface area contributed by atoms with Crippen LogP contribution in [0.1, 0.15) is 23.7 Å². The molecule has 108 valence electrons. The van der Waals surface area contributed by atoms with E-state index in [0.717, 1.165) is 0 Å². The zero-order valence-corrected chi connectivity index (χ0v) is 12.3. The molecule has 0 aliphatic rings. The van der Waals surface area contributed by atoms with Crippen LogP contribution in [0.25, 0.3) is 0 Å². The van der Waals surface area contributed by atoms with Crippen molar-refractivity contribution in [3.63, 3.8) is 0 Å². The maximum Gasteiger partial charge on any atom is 0.335 e. The molecule has 0 aromatic heterocycles. The first-order valence-corrected chi connectivity index (χ1v) is 6.59. The fourth-order valence-electron chi connectivity index (χ4n) is 1.41. The van der Waals surface area contributed by atoms with Crippen molar-refractivity contribution in [3.05, 3.63) is 39.9 Å². The summed E-state index contributed by atoms with van der Waals surface area (Å²) in [6, 6.07) is 2.00. The zero-order chi connectivity index (χ0) is 15.1. The largest absolute Gasteiger partial charge is 0.478 e. The summed E-state index contributed by atoms with van der Waals surface area (Å²) in [5.41, 5.74) is 0.140. The van der Waals surface area contributed by atoms with Crippen LogP contribution in [-0.4, -0.2) is 23.7 Å². The highest BCUT2D eigenvalue weighted by molar-refractivity contribution is 6.40. The number of carboxylic acid groups (broad SMARTS) is 1. The Morgan fingerprint density at radius 1 is 1.30 bits per heavy atom. The summed E-state index contributed by atoms with van der Waals surface area (Å²) in [4.78, 5) is 22.4. The van der Waals surface area contributed by atoms with Crippen molar-refractivity contribution < 1.29 is 14.7 Å². The van der Waals surface area contributed by atoms with E-state index in [9.17, 15) is 9.59 Å². The van der Waals surface area contributed by atoms with Crippen molar-refractivity contribution >= 4 is 40.9 Å². The van der Waals surface area contributed by atoms with E-state index in [1.54, 1.807) is 0 Å². The molecule has 3 N–H and O–H groups in total.